The average Bonchev–Trinajstić information content (AvgIpc) is 2.67. The zero-order chi connectivity index (χ0) is 9.10. The summed E-state index contributed by atoms with van der Waals surface area (Å²) < 4.78 is 0. The molecule has 2 heterocycles. The van der Waals surface area contributed by atoms with E-state index >= 15 is 0 Å². The summed E-state index contributed by atoms with van der Waals surface area (Å²) in [4.78, 5) is 9.71. The van der Waals surface area contributed by atoms with Crippen LogP contribution in [-0.2, 0) is 6.42 Å². The fourth-order valence-corrected chi connectivity index (χ4v) is 2.12. The van der Waals surface area contributed by atoms with E-state index in [2.05, 4.69) is 28.3 Å². The highest BCUT2D eigenvalue weighted by atomic mass is 32.1. The van der Waals surface area contributed by atoms with Crippen LogP contribution in [0.3, 0.4) is 0 Å². The van der Waals surface area contributed by atoms with Crippen molar-refractivity contribution in [3.05, 3.63) is 34.9 Å². The van der Waals surface area contributed by atoms with E-state index in [1.807, 2.05) is 0 Å². The van der Waals surface area contributed by atoms with Gasteiger partial charge in [0.05, 0.1) is 11.9 Å². The van der Waals surface area contributed by atoms with Crippen LogP contribution in [0.4, 0.5) is 0 Å². The van der Waals surface area contributed by atoms with E-state index in [1.54, 1.807) is 29.9 Å². The number of rotatable bonds is 2. The molecule has 2 nitrogen and oxygen atoms in total. The normalized spacial score (nSPS) is 10.2. The lowest BCUT2D eigenvalue weighted by atomic mass is 10.2. The van der Waals surface area contributed by atoms with Crippen LogP contribution in [0.25, 0.3) is 11.3 Å². The number of aromatic nitrogens is 2. The van der Waals surface area contributed by atoms with E-state index < -0.39 is 0 Å². The summed E-state index contributed by atoms with van der Waals surface area (Å²) in [7, 11) is 0. The van der Waals surface area contributed by atoms with Gasteiger partial charge >= 0.3 is 0 Å². The highest BCUT2D eigenvalue weighted by Gasteiger charge is 2.05. The molecule has 0 spiro atoms. The molecule has 0 radical (unpaired) electrons. The van der Waals surface area contributed by atoms with Gasteiger partial charge in [0.25, 0.3) is 0 Å². The SMILES string of the molecule is CCc1sccc1-c1cnccn1. The molecule has 0 unspecified atom stereocenters. The minimum atomic E-state index is 0.973. The minimum absolute atomic E-state index is 0.973. The van der Waals surface area contributed by atoms with Gasteiger partial charge in [-0.25, -0.2) is 0 Å². The van der Waals surface area contributed by atoms with Gasteiger partial charge in [-0.15, -0.1) is 11.3 Å². The Morgan fingerprint density at radius 1 is 1.38 bits per heavy atom. The third-order valence-electron chi connectivity index (χ3n) is 1.91. The van der Waals surface area contributed by atoms with E-state index in [0.29, 0.717) is 0 Å². The molecule has 0 aliphatic rings. The quantitative estimate of drug-likeness (QED) is 0.727. The van der Waals surface area contributed by atoms with Gasteiger partial charge in [0.2, 0.25) is 0 Å². The first-order chi connectivity index (χ1) is 6.42. The lowest BCUT2D eigenvalue weighted by molar-refractivity contribution is 1.16. The predicted molar refractivity (Wildman–Crippen MR) is 54.7 cm³/mol. The van der Waals surface area contributed by atoms with Crippen molar-refractivity contribution in [1.82, 2.24) is 9.97 Å². The summed E-state index contributed by atoms with van der Waals surface area (Å²) >= 11 is 1.78. The summed E-state index contributed by atoms with van der Waals surface area (Å²) in [5, 5.41) is 2.10. The largest absolute Gasteiger partial charge is 0.261 e. The van der Waals surface area contributed by atoms with Crippen molar-refractivity contribution in [2.24, 2.45) is 0 Å². The monoisotopic (exact) mass is 190 g/mol. The molecule has 0 aromatic carbocycles. The average molecular weight is 190 g/mol. The van der Waals surface area contributed by atoms with Gasteiger partial charge in [-0.1, -0.05) is 6.92 Å². The molecule has 0 aliphatic heterocycles. The molecular formula is C10H10N2S. The zero-order valence-corrected chi connectivity index (χ0v) is 8.21. The van der Waals surface area contributed by atoms with E-state index in [4.69, 9.17) is 0 Å². The summed E-state index contributed by atoms with van der Waals surface area (Å²) in [6.45, 7) is 2.16. The van der Waals surface area contributed by atoms with Gasteiger partial charge in [-0.05, 0) is 17.9 Å². The molecular weight excluding hydrogens is 180 g/mol. The van der Waals surface area contributed by atoms with Crippen molar-refractivity contribution < 1.29 is 0 Å². The summed E-state index contributed by atoms with van der Waals surface area (Å²) in [5.74, 6) is 0. The van der Waals surface area contributed by atoms with E-state index in [0.717, 1.165) is 12.1 Å². The molecule has 3 heteroatoms. The van der Waals surface area contributed by atoms with Crippen LogP contribution in [0, 0.1) is 0 Å². The molecule has 0 aliphatic carbocycles. The van der Waals surface area contributed by atoms with E-state index in [9.17, 15) is 0 Å². The van der Waals surface area contributed by atoms with Crippen molar-refractivity contribution in [1.29, 1.82) is 0 Å². The lowest BCUT2D eigenvalue weighted by Gasteiger charge is -1.98. The number of nitrogens with zero attached hydrogens (tertiary/aromatic N) is 2. The Kier molecular flexibility index (Phi) is 2.36. The van der Waals surface area contributed by atoms with Crippen molar-refractivity contribution in [3.63, 3.8) is 0 Å². The highest BCUT2D eigenvalue weighted by Crippen LogP contribution is 2.26. The van der Waals surface area contributed by atoms with Crippen LogP contribution in [0.15, 0.2) is 30.0 Å². The molecule has 0 bridgehead atoms. The van der Waals surface area contributed by atoms with Crippen molar-refractivity contribution in [2.45, 2.75) is 13.3 Å². The summed E-state index contributed by atoms with van der Waals surface area (Å²) in [6, 6.07) is 2.10. The molecule has 2 aromatic rings. The Morgan fingerprint density at radius 3 is 3.00 bits per heavy atom. The first kappa shape index (κ1) is 8.38. The topological polar surface area (TPSA) is 25.8 Å². The van der Waals surface area contributed by atoms with Crippen molar-refractivity contribution >= 4 is 11.3 Å². The lowest BCUT2D eigenvalue weighted by Crippen LogP contribution is -1.85. The number of hydrogen-bond donors (Lipinski definition) is 0. The summed E-state index contributed by atoms with van der Waals surface area (Å²) in [6.07, 6.45) is 6.29. The molecule has 0 fully saturated rings. The van der Waals surface area contributed by atoms with E-state index in [-0.39, 0.29) is 0 Å². The van der Waals surface area contributed by atoms with Gasteiger partial charge in [-0.2, -0.15) is 0 Å². The maximum Gasteiger partial charge on any atom is 0.0896 e. The minimum Gasteiger partial charge on any atom is -0.261 e. The first-order valence-electron chi connectivity index (χ1n) is 4.24. The van der Waals surface area contributed by atoms with Gasteiger partial charge in [0.15, 0.2) is 0 Å². The third-order valence-corrected chi connectivity index (χ3v) is 2.97. The molecule has 0 saturated heterocycles. The Hall–Kier alpha value is -1.22. The predicted octanol–water partition coefficient (Wildman–Crippen LogP) is 2.77. The second kappa shape index (κ2) is 3.66. The van der Waals surface area contributed by atoms with Gasteiger partial charge in [-0.3, -0.25) is 9.97 Å². The Labute approximate surface area is 81.3 Å². The van der Waals surface area contributed by atoms with Gasteiger partial charge in [0.1, 0.15) is 0 Å². The molecule has 0 atom stereocenters. The second-order valence-corrected chi connectivity index (χ2v) is 3.70. The molecule has 66 valence electrons. The summed E-state index contributed by atoms with van der Waals surface area (Å²) in [5.41, 5.74) is 2.20. The fraction of sp³-hybridized carbons (Fsp3) is 0.200. The maximum atomic E-state index is 4.27. The van der Waals surface area contributed by atoms with Crippen LogP contribution in [0.1, 0.15) is 11.8 Å². The fourth-order valence-electron chi connectivity index (χ4n) is 1.28. The molecule has 0 amide bonds. The highest BCUT2D eigenvalue weighted by molar-refractivity contribution is 7.10. The zero-order valence-electron chi connectivity index (χ0n) is 7.40. The molecule has 13 heavy (non-hydrogen) atoms. The molecule has 2 rings (SSSR count). The number of aryl methyl sites for hydroxylation is 1. The standard InChI is InChI=1S/C10H10N2S/c1-2-10-8(3-6-13-10)9-7-11-4-5-12-9/h3-7H,2H2,1H3. The van der Waals surface area contributed by atoms with Crippen LogP contribution >= 0.6 is 11.3 Å². The van der Waals surface area contributed by atoms with E-state index in [1.165, 1.54) is 10.4 Å². The van der Waals surface area contributed by atoms with Gasteiger partial charge in [0, 0.05) is 22.8 Å². The smallest absolute Gasteiger partial charge is 0.0896 e. The van der Waals surface area contributed by atoms with Crippen LogP contribution in [0.2, 0.25) is 0 Å². The Balaban J connectivity index is 2.47. The number of thiophene rings is 1. The second-order valence-electron chi connectivity index (χ2n) is 2.70. The van der Waals surface area contributed by atoms with Crippen LogP contribution in [0.5, 0.6) is 0 Å². The third kappa shape index (κ3) is 1.60. The molecule has 0 saturated carbocycles. The molecule has 0 N–H and O–H groups in total. The van der Waals surface area contributed by atoms with Crippen molar-refractivity contribution in [3.8, 4) is 11.3 Å². The number of hydrogen-bond acceptors (Lipinski definition) is 3. The molecule has 2 aromatic heterocycles. The Bertz CT molecular complexity index is 381. The van der Waals surface area contributed by atoms with Crippen LogP contribution < -0.4 is 0 Å². The first-order valence-corrected chi connectivity index (χ1v) is 5.12. The van der Waals surface area contributed by atoms with Crippen LogP contribution in [-0.4, -0.2) is 9.97 Å². The Morgan fingerprint density at radius 2 is 2.31 bits per heavy atom. The maximum absolute atomic E-state index is 4.27. The van der Waals surface area contributed by atoms with Crippen molar-refractivity contribution in [2.75, 3.05) is 0 Å². The van der Waals surface area contributed by atoms with Gasteiger partial charge < -0.3 is 0 Å².